The number of likely N-dealkylation sites (tertiary alicyclic amines) is 1. The third-order valence-electron chi connectivity index (χ3n) is 4.59. The smallest absolute Gasteiger partial charge is 0.0247 e. The van der Waals surface area contributed by atoms with E-state index in [1.165, 1.54) is 41.4 Å². The summed E-state index contributed by atoms with van der Waals surface area (Å²) in [5, 5.41) is 3.38. The molecule has 0 amide bonds. The number of rotatable bonds is 5. The third kappa shape index (κ3) is 3.04. The van der Waals surface area contributed by atoms with Gasteiger partial charge in [0.1, 0.15) is 0 Å². The molecule has 3 rings (SSSR count). The lowest BCUT2D eigenvalue weighted by molar-refractivity contribution is 0.205. The number of halogens is 1. The fourth-order valence-electron chi connectivity index (χ4n) is 3.54. The molecule has 0 radical (unpaired) electrons. The van der Waals surface area contributed by atoms with Gasteiger partial charge in [0.2, 0.25) is 0 Å². The number of hydrogen-bond donors (Lipinski definition) is 1. The van der Waals surface area contributed by atoms with Crippen LogP contribution in [0.2, 0.25) is 0 Å². The SMILES string of the molecule is CCNCc1ccc(CN2CC3CCC2C3)c(Br)c1. The number of benzene rings is 1. The highest BCUT2D eigenvalue weighted by Crippen LogP contribution is 2.38. The molecule has 2 aliphatic rings. The van der Waals surface area contributed by atoms with Crippen LogP contribution in [-0.4, -0.2) is 24.0 Å². The van der Waals surface area contributed by atoms with Crippen LogP contribution in [0.25, 0.3) is 0 Å². The molecule has 2 nitrogen and oxygen atoms in total. The lowest BCUT2D eigenvalue weighted by Crippen LogP contribution is -2.31. The quantitative estimate of drug-likeness (QED) is 0.892. The highest BCUT2D eigenvalue weighted by Gasteiger charge is 2.37. The van der Waals surface area contributed by atoms with E-state index in [-0.39, 0.29) is 0 Å². The zero-order valence-electron chi connectivity index (χ0n) is 11.7. The molecular weight excluding hydrogens is 300 g/mol. The van der Waals surface area contributed by atoms with Gasteiger partial charge >= 0.3 is 0 Å². The predicted molar refractivity (Wildman–Crippen MR) is 83.1 cm³/mol. The van der Waals surface area contributed by atoms with Crippen molar-refractivity contribution >= 4 is 15.9 Å². The van der Waals surface area contributed by atoms with Crippen molar-refractivity contribution in [3.63, 3.8) is 0 Å². The van der Waals surface area contributed by atoms with Gasteiger partial charge in [-0.25, -0.2) is 0 Å². The number of fused-ring (bicyclic) bond motifs is 2. The summed E-state index contributed by atoms with van der Waals surface area (Å²) < 4.78 is 1.27. The fourth-order valence-corrected chi connectivity index (χ4v) is 4.09. The molecule has 0 spiro atoms. The second-order valence-electron chi connectivity index (χ2n) is 5.97. The molecule has 2 unspecified atom stereocenters. The van der Waals surface area contributed by atoms with Crippen LogP contribution in [0.3, 0.4) is 0 Å². The molecule has 0 aromatic heterocycles. The summed E-state index contributed by atoms with van der Waals surface area (Å²) in [7, 11) is 0. The molecule has 1 aliphatic heterocycles. The summed E-state index contributed by atoms with van der Waals surface area (Å²) in [4.78, 5) is 2.68. The Morgan fingerprint density at radius 2 is 2.26 bits per heavy atom. The molecular formula is C16H23BrN2. The van der Waals surface area contributed by atoms with Crippen LogP contribution in [0.1, 0.15) is 37.3 Å². The molecule has 104 valence electrons. The van der Waals surface area contributed by atoms with Crippen molar-refractivity contribution in [3.8, 4) is 0 Å². The Bertz CT molecular complexity index is 446. The van der Waals surface area contributed by atoms with Gasteiger partial charge in [-0.05, 0) is 48.9 Å². The minimum absolute atomic E-state index is 0.860. The van der Waals surface area contributed by atoms with Crippen molar-refractivity contribution in [2.45, 2.75) is 45.3 Å². The largest absolute Gasteiger partial charge is 0.313 e. The number of nitrogens with one attached hydrogen (secondary N) is 1. The van der Waals surface area contributed by atoms with E-state index in [0.29, 0.717) is 0 Å². The van der Waals surface area contributed by atoms with Crippen molar-refractivity contribution in [2.24, 2.45) is 5.92 Å². The standard InChI is InChI=1S/C16H23BrN2/c1-2-18-9-12-3-5-14(16(17)8-12)11-19-10-13-4-6-15(19)7-13/h3,5,8,13,15,18H,2,4,6-7,9-11H2,1H3. The molecule has 2 fully saturated rings. The van der Waals surface area contributed by atoms with Crippen molar-refractivity contribution < 1.29 is 0 Å². The summed E-state index contributed by atoms with van der Waals surface area (Å²) >= 11 is 3.74. The van der Waals surface area contributed by atoms with Gasteiger partial charge in [-0.3, -0.25) is 4.90 Å². The van der Waals surface area contributed by atoms with E-state index in [1.807, 2.05) is 0 Å². The van der Waals surface area contributed by atoms with Gasteiger partial charge in [0, 0.05) is 30.1 Å². The Balaban J connectivity index is 1.64. The Hall–Kier alpha value is -0.380. The first-order valence-corrected chi connectivity index (χ1v) is 8.27. The maximum Gasteiger partial charge on any atom is 0.0247 e. The maximum absolute atomic E-state index is 3.74. The first kappa shape index (κ1) is 13.6. The molecule has 1 aromatic rings. The second kappa shape index (κ2) is 5.94. The minimum Gasteiger partial charge on any atom is -0.313 e. The molecule has 19 heavy (non-hydrogen) atoms. The normalized spacial score (nSPS) is 26.2. The Kier molecular flexibility index (Phi) is 4.25. The molecule has 1 N–H and O–H groups in total. The molecule has 1 heterocycles. The van der Waals surface area contributed by atoms with Crippen molar-refractivity contribution in [3.05, 3.63) is 33.8 Å². The van der Waals surface area contributed by atoms with E-state index in [9.17, 15) is 0 Å². The van der Waals surface area contributed by atoms with Gasteiger partial charge in [-0.1, -0.05) is 35.0 Å². The average Bonchev–Trinajstić information content (AvgIpc) is 3.01. The molecule has 1 saturated heterocycles. The van der Waals surface area contributed by atoms with Gasteiger partial charge in [0.15, 0.2) is 0 Å². The first-order chi connectivity index (χ1) is 9.26. The molecule has 1 aliphatic carbocycles. The summed E-state index contributed by atoms with van der Waals surface area (Å²) in [5.74, 6) is 0.983. The molecule has 1 aromatic carbocycles. The molecule has 1 saturated carbocycles. The topological polar surface area (TPSA) is 15.3 Å². The van der Waals surface area contributed by atoms with Crippen molar-refractivity contribution in [2.75, 3.05) is 13.1 Å². The number of piperidine rings is 1. The van der Waals surface area contributed by atoms with Crippen LogP contribution in [-0.2, 0) is 13.1 Å². The van der Waals surface area contributed by atoms with Crippen LogP contribution in [0.5, 0.6) is 0 Å². The summed E-state index contributed by atoms with van der Waals surface area (Å²) in [6.45, 7) is 6.56. The van der Waals surface area contributed by atoms with E-state index in [4.69, 9.17) is 0 Å². The van der Waals surface area contributed by atoms with Crippen LogP contribution in [0.4, 0.5) is 0 Å². The van der Waals surface area contributed by atoms with E-state index in [2.05, 4.69) is 51.3 Å². The lowest BCUT2D eigenvalue weighted by Gasteiger charge is -2.27. The first-order valence-electron chi connectivity index (χ1n) is 7.48. The predicted octanol–water partition coefficient (Wildman–Crippen LogP) is 3.54. The molecule has 3 heteroatoms. The highest BCUT2D eigenvalue weighted by molar-refractivity contribution is 9.10. The highest BCUT2D eigenvalue weighted by atomic mass is 79.9. The minimum atomic E-state index is 0.860. The Morgan fingerprint density at radius 1 is 1.37 bits per heavy atom. The maximum atomic E-state index is 3.74. The lowest BCUT2D eigenvalue weighted by atomic mass is 10.1. The van der Waals surface area contributed by atoms with Gasteiger partial charge < -0.3 is 5.32 Å². The zero-order valence-corrected chi connectivity index (χ0v) is 13.2. The van der Waals surface area contributed by atoms with Gasteiger partial charge in [0.05, 0.1) is 0 Å². The summed E-state index contributed by atoms with van der Waals surface area (Å²) in [5.41, 5.74) is 2.80. The van der Waals surface area contributed by atoms with E-state index < -0.39 is 0 Å². The molecule has 2 bridgehead atoms. The average molecular weight is 323 g/mol. The van der Waals surface area contributed by atoms with Crippen molar-refractivity contribution in [1.29, 1.82) is 0 Å². The number of hydrogen-bond acceptors (Lipinski definition) is 2. The van der Waals surface area contributed by atoms with E-state index in [0.717, 1.165) is 31.6 Å². The van der Waals surface area contributed by atoms with Gasteiger partial charge in [0.25, 0.3) is 0 Å². The van der Waals surface area contributed by atoms with E-state index >= 15 is 0 Å². The summed E-state index contributed by atoms with van der Waals surface area (Å²) in [6, 6.07) is 7.69. The monoisotopic (exact) mass is 322 g/mol. The van der Waals surface area contributed by atoms with Crippen LogP contribution >= 0.6 is 15.9 Å². The Labute approximate surface area is 124 Å². The van der Waals surface area contributed by atoms with Crippen LogP contribution < -0.4 is 5.32 Å². The van der Waals surface area contributed by atoms with Gasteiger partial charge in [-0.2, -0.15) is 0 Å². The van der Waals surface area contributed by atoms with Crippen LogP contribution in [0, 0.1) is 5.92 Å². The molecule has 2 atom stereocenters. The van der Waals surface area contributed by atoms with Gasteiger partial charge in [-0.15, -0.1) is 0 Å². The third-order valence-corrected chi connectivity index (χ3v) is 5.33. The zero-order chi connectivity index (χ0) is 13.2. The second-order valence-corrected chi connectivity index (χ2v) is 6.82. The van der Waals surface area contributed by atoms with Crippen molar-refractivity contribution in [1.82, 2.24) is 10.2 Å². The fraction of sp³-hybridized carbons (Fsp3) is 0.625. The van der Waals surface area contributed by atoms with E-state index in [1.54, 1.807) is 0 Å². The summed E-state index contributed by atoms with van der Waals surface area (Å²) in [6.07, 6.45) is 4.32. The Morgan fingerprint density at radius 3 is 2.89 bits per heavy atom. The number of nitrogens with zero attached hydrogens (tertiary/aromatic N) is 1. The van der Waals surface area contributed by atoms with Crippen LogP contribution in [0.15, 0.2) is 22.7 Å².